The molecule has 1 N–H and O–H groups in total. The number of rotatable bonds is 6. The van der Waals surface area contributed by atoms with E-state index in [1.165, 1.54) is 0 Å². The van der Waals surface area contributed by atoms with Gasteiger partial charge in [0.2, 0.25) is 0 Å². The Labute approximate surface area is 238 Å². The van der Waals surface area contributed by atoms with Crippen LogP contribution in [0.3, 0.4) is 0 Å². The van der Waals surface area contributed by atoms with E-state index < -0.39 is 86.9 Å². The number of fused-ring (bicyclic) bond motifs is 1. The SMILES string of the molecule is CC(=O)c1c(C#N)c2c(c(C#N)c1C(=O)NCc1ccc(C(F)(F)F)cc1)C(=O)N(Cc1ccc(C(F)(F)F)cc1)C2=O. The van der Waals surface area contributed by atoms with Crippen molar-refractivity contribution in [1.82, 2.24) is 10.2 Å². The normalized spacial score (nSPS) is 12.9. The third kappa shape index (κ3) is 5.67. The second kappa shape index (κ2) is 11.1. The molecule has 0 saturated carbocycles. The number of ketones is 1. The molecule has 0 bridgehead atoms. The number of hydrogen-bond acceptors (Lipinski definition) is 6. The molecule has 0 unspecified atom stereocenters. The smallest absolute Gasteiger partial charge is 0.348 e. The molecular weight excluding hydrogens is 582 g/mol. The van der Waals surface area contributed by atoms with E-state index in [1.807, 2.05) is 0 Å². The highest BCUT2D eigenvalue weighted by molar-refractivity contribution is 6.26. The van der Waals surface area contributed by atoms with Crippen molar-refractivity contribution in [2.75, 3.05) is 0 Å². The van der Waals surface area contributed by atoms with Crippen molar-refractivity contribution in [2.45, 2.75) is 32.4 Å². The summed E-state index contributed by atoms with van der Waals surface area (Å²) in [6.45, 7) is 0.0355. The first-order valence-electron chi connectivity index (χ1n) is 12.1. The minimum Gasteiger partial charge on any atom is -0.348 e. The Morgan fingerprint density at radius 3 is 1.56 bits per heavy atom. The van der Waals surface area contributed by atoms with Crippen LogP contribution in [0, 0.1) is 22.7 Å². The first-order valence-corrected chi connectivity index (χ1v) is 12.1. The van der Waals surface area contributed by atoms with E-state index in [9.17, 15) is 56.0 Å². The van der Waals surface area contributed by atoms with Gasteiger partial charge in [0.25, 0.3) is 17.7 Å². The van der Waals surface area contributed by atoms with Crippen LogP contribution in [0.4, 0.5) is 26.3 Å². The molecule has 3 aromatic rings. The maximum atomic E-state index is 13.4. The Hall–Kier alpha value is -5.50. The van der Waals surface area contributed by atoms with Gasteiger partial charge in [0.05, 0.1) is 45.5 Å². The molecule has 1 aliphatic heterocycles. The molecule has 1 heterocycles. The summed E-state index contributed by atoms with van der Waals surface area (Å²) in [6, 6.07) is 10.5. The van der Waals surface area contributed by atoms with Crippen LogP contribution in [0.2, 0.25) is 0 Å². The number of nitriles is 2. The third-order valence-electron chi connectivity index (χ3n) is 6.58. The third-order valence-corrected chi connectivity index (χ3v) is 6.58. The van der Waals surface area contributed by atoms with Crippen molar-refractivity contribution < 1.29 is 45.5 Å². The first kappa shape index (κ1) is 30.5. The van der Waals surface area contributed by atoms with Crippen molar-refractivity contribution in [3.63, 3.8) is 0 Å². The Morgan fingerprint density at radius 2 is 1.16 bits per heavy atom. The lowest BCUT2D eigenvalue weighted by Gasteiger charge is -2.15. The number of nitrogens with one attached hydrogen (secondary N) is 1. The molecule has 0 fully saturated rings. The Morgan fingerprint density at radius 1 is 0.744 bits per heavy atom. The number of carbonyl (C=O) groups is 4. The molecule has 8 nitrogen and oxygen atoms in total. The van der Waals surface area contributed by atoms with Gasteiger partial charge in [-0.1, -0.05) is 24.3 Å². The quantitative estimate of drug-likeness (QED) is 0.230. The number of hydrogen-bond donors (Lipinski definition) is 1. The first-order chi connectivity index (χ1) is 20.1. The Kier molecular flexibility index (Phi) is 7.83. The Balaban J connectivity index is 1.74. The summed E-state index contributed by atoms with van der Waals surface area (Å²) in [4.78, 5) is 53.2. The monoisotopic (exact) mass is 598 g/mol. The number of amides is 3. The summed E-state index contributed by atoms with van der Waals surface area (Å²) in [6.07, 6.45) is -9.23. The van der Waals surface area contributed by atoms with Gasteiger partial charge < -0.3 is 5.32 Å². The van der Waals surface area contributed by atoms with Crippen LogP contribution in [0.25, 0.3) is 0 Å². The molecule has 1 aliphatic rings. The minimum atomic E-state index is -4.63. The van der Waals surface area contributed by atoms with Crippen LogP contribution >= 0.6 is 0 Å². The largest absolute Gasteiger partial charge is 0.416 e. The van der Waals surface area contributed by atoms with Crippen LogP contribution < -0.4 is 5.32 Å². The average molecular weight is 598 g/mol. The fraction of sp³-hybridized carbons (Fsp3) is 0.172. The lowest BCUT2D eigenvalue weighted by molar-refractivity contribution is -0.138. The molecule has 0 spiro atoms. The average Bonchev–Trinajstić information content (AvgIpc) is 3.19. The predicted octanol–water partition coefficient (Wildman–Crippen LogP) is 5.40. The highest BCUT2D eigenvalue weighted by atomic mass is 19.4. The second-order valence-corrected chi connectivity index (χ2v) is 9.30. The van der Waals surface area contributed by atoms with Gasteiger partial charge >= 0.3 is 12.4 Å². The van der Waals surface area contributed by atoms with Crippen LogP contribution in [0.1, 0.15) is 81.7 Å². The number of benzene rings is 3. The number of carbonyl (C=O) groups excluding carboxylic acids is 4. The second-order valence-electron chi connectivity index (χ2n) is 9.30. The summed E-state index contributed by atoms with van der Waals surface area (Å²) < 4.78 is 77.3. The van der Waals surface area contributed by atoms with Crippen LogP contribution in [0.5, 0.6) is 0 Å². The summed E-state index contributed by atoms with van der Waals surface area (Å²) >= 11 is 0. The maximum Gasteiger partial charge on any atom is 0.416 e. The van der Waals surface area contributed by atoms with Gasteiger partial charge in [0, 0.05) is 12.1 Å². The molecule has 3 aromatic carbocycles. The summed E-state index contributed by atoms with van der Waals surface area (Å²) in [5.41, 5.74) is -5.52. The van der Waals surface area contributed by atoms with E-state index >= 15 is 0 Å². The molecular formula is C29H16F6N4O4. The minimum absolute atomic E-state index is 0.0980. The van der Waals surface area contributed by atoms with E-state index in [0.717, 1.165) is 55.5 Å². The van der Waals surface area contributed by atoms with Crippen molar-refractivity contribution in [1.29, 1.82) is 10.5 Å². The van der Waals surface area contributed by atoms with Crippen molar-refractivity contribution in [3.8, 4) is 12.1 Å². The molecule has 0 saturated heterocycles. The predicted molar refractivity (Wildman–Crippen MR) is 134 cm³/mol. The lowest BCUT2D eigenvalue weighted by Crippen LogP contribution is -2.29. The molecule has 14 heteroatoms. The van der Waals surface area contributed by atoms with Gasteiger partial charge in [0.15, 0.2) is 5.78 Å². The van der Waals surface area contributed by atoms with Gasteiger partial charge in [-0.2, -0.15) is 36.9 Å². The van der Waals surface area contributed by atoms with Crippen LogP contribution in [-0.2, 0) is 25.4 Å². The van der Waals surface area contributed by atoms with Crippen LogP contribution in [-0.4, -0.2) is 28.4 Å². The number of Topliss-reactive ketones (excluding diaryl/α,β-unsaturated/α-hetero) is 1. The zero-order valence-electron chi connectivity index (χ0n) is 21.8. The number of imide groups is 1. The van der Waals surface area contributed by atoms with Gasteiger partial charge in [-0.3, -0.25) is 24.1 Å². The topological polar surface area (TPSA) is 131 Å². The molecule has 4 rings (SSSR count). The number of halogens is 6. The fourth-order valence-corrected chi connectivity index (χ4v) is 4.55. The summed E-state index contributed by atoms with van der Waals surface area (Å²) in [7, 11) is 0. The number of nitrogens with zero attached hydrogens (tertiary/aromatic N) is 3. The van der Waals surface area contributed by atoms with Crippen LogP contribution in [0.15, 0.2) is 48.5 Å². The molecule has 0 aromatic heterocycles. The summed E-state index contributed by atoms with van der Waals surface area (Å²) in [5, 5.41) is 22.2. The highest BCUT2D eigenvalue weighted by Gasteiger charge is 2.44. The van der Waals surface area contributed by atoms with Gasteiger partial charge in [-0.25, -0.2) is 0 Å². The van der Waals surface area contributed by atoms with E-state index in [2.05, 4.69) is 5.32 Å². The van der Waals surface area contributed by atoms with E-state index in [1.54, 1.807) is 12.1 Å². The summed E-state index contributed by atoms with van der Waals surface area (Å²) in [5.74, 6) is -4.26. The van der Waals surface area contributed by atoms with Crippen molar-refractivity contribution >= 4 is 23.5 Å². The zero-order valence-corrected chi connectivity index (χ0v) is 21.8. The molecule has 0 aliphatic carbocycles. The highest BCUT2D eigenvalue weighted by Crippen LogP contribution is 2.36. The van der Waals surface area contributed by atoms with E-state index in [-0.39, 0.29) is 17.7 Å². The van der Waals surface area contributed by atoms with Crippen molar-refractivity contribution in [3.05, 3.63) is 104 Å². The molecule has 0 atom stereocenters. The van der Waals surface area contributed by atoms with E-state index in [0.29, 0.717) is 4.90 Å². The van der Waals surface area contributed by atoms with E-state index in [4.69, 9.17) is 0 Å². The van der Waals surface area contributed by atoms with Gasteiger partial charge in [0.1, 0.15) is 12.1 Å². The maximum absolute atomic E-state index is 13.4. The fourth-order valence-electron chi connectivity index (χ4n) is 4.55. The molecule has 3 amide bonds. The van der Waals surface area contributed by atoms with Gasteiger partial charge in [-0.15, -0.1) is 0 Å². The molecule has 43 heavy (non-hydrogen) atoms. The molecule has 0 radical (unpaired) electrons. The van der Waals surface area contributed by atoms with Gasteiger partial charge in [-0.05, 0) is 42.3 Å². The Bertz CT molecular complexity index is 1760. The number of alkyl halides is 6. The zero-order chi connectivity index (χ0) is 31.9. The van der Waals surface area contributed by atoms with Crippen molar-refractivity contribution in [2.24, 2.45) is 0 Å². The molecule has 218 valence electrons. The standard InChI is InChI=1S/C29H16F6N4O4/c1-14(40)21-19(10-36)23-24(27(43)39(26(23)42)13-16-4-8-18(9-5-16)29(33,34)35)20(11-37)22(21)25(41)38-12-15-2-6-17(7-3-15)28(30,31)32/h2-9H,12-13H2,1H3,(H,38,41). The lowest BCUT2D eigenvalue weighted by atomic mass is 9.86.